The first kappa shape index (κ1) is 30.4. The van der Waals surface area contributed by atoms with Crippen molar-refractivity contribution in [2.45, 2.75) is 96.4 Å². The molecule has 37 heavy (non-hydrogen) atoms. The number of carbonyl (C=O) groups excluding carboxylic acids is 5. The lowest BCUT2D eigenvalue weighted by Gasteiger charge is -2.33. The number of halogens is 3. The molecular formula is C24H38F3N5O5. The Kier molecular flexibility index (Phi) is 10.3. The third-order valence-corrected chi connectivity index (χ3v) is 6.93. The highest BCUT2D eigenvalue weighted by Gasteiger charge is 2.44. The standard InChI is InChI=1S/C24H38F3N5O5/c1-23(2,3)17(32-22(37)24(25,26)27)21(36)31-16(11-13-7-5-4-6-8-13)20(35)30-15(18(28)33)12-14-9-10-29-19(14)34/h13-17H,4-12H2,1-3H3,(H2,28,33)(H,29,34)(H,30,35)(H,31,36)(H,32,37)/t14?,15?,16-,17?/m0/s1. The zero-order valence-electron chi connectivity index (χ0n) is 21.5. The minimum atomic E-state index is -5.19. The summed E-state index contributed by atoms with van der Waals surface area (Å²) in [6.45, 7) is 4.90. The van der Waals surface area contributed by atoms with Gasteiger partial charge in [-0.2, -0.15) is 13.2 Å². The van der Waals surface area contributed by atoms with Gasteiger partial charge in [0.25, 0.3) is 0 Å². The molecular weight excluding hydrogens is 495 g/mol. The summed E-state index contributed by atoms with van der Waals surface area (Å²) in [4.78, 5) is 62.0. The Morgan fingerprint density at radius 1 is 0.919 bits per heavy atom. The van der Waals surface area contributed by atoms with Crippen molar-refractivity contribution in [3.05, 3.63) is 0 Å². The summed E-state index contributed by atoms with van der Waals surface area (Å²) in [6.07, 6.45) is 0.0444. The van der Waals surface area contributed by atoms with Crippen LogP contribution in [-0.4, -0.2) is 60.4 Å². The van der Waals surface area contributed by atoms with Gasteiger partial charge in [-0.1, -0.05) is 52.9 Å². The molecule has 0 aromatic carbocycles. The van der Waals surface area contributed by atoms with E-state index in [2.05, 4.69) is 16.0 Å². The summed E-state index contributed by atoms with van der Waals surface area (Å²) < 4.78 is 38.7. The van der Waals surface area contributed by atoms with Gasteiger partial charge in [-0.15, -0.1) is 0 Å². The van der Waals surface area contributed by atoms with E-state index in [0.717, 1.165) is 32.1 Å². The summed E-state index contributed by atoms with van der Waals surface area (Å²) in [5, 5.41) is 9.41. The van der Waals surface area contributed by atoms with Crippen LogP contribution in [0, 0.1) is 17.3 Å². The molecule has 2 rings (SSSR count). The van der Waals surface area contributed by atoms with Crippen LogP contribution in [0.25, 0.3) is 0 Å². The molecule has 6 N–H and O–H groups in total. The van der Waals surface area contributed by atoms with Gasteiger partial charge < -0.3 is 27.0 Å². The molecule has 0 aromatic rings. The van der Waals surface area contributed by atoms with Crippen molar-refractivity contribution in [1.82, 2.24) is 21.3 Å². The van der Waals surface area contributed by atoms with E-state index in [9.17, 15) is 37.1 Å². The third-order valence-electron chi connectivity index (χ3n) is 6.93. The van der Waals surface area contributed by atoms with Crippen molar-refractivity contribution >= 4 is 29.5 Å². The Bertz CT molecular complexity index is 868. The second-order valence-corrected chi connectivity index (χ2v) is 11.0. The van der Waals surface area contributed by atoms with Gasteiger partial charge in [0.15, 0.2) is 0 Å². The number of hydrogen-bond donors (Lipinski definition) is 5. The lowest BCUT2D eigenvalue weighted by atomic mass is 9.83. The van der Waals surface area contributed by atoms with E-state index < -0.39 is 59.3 Å². The highest BCUT2D eigenvalue weighted by atomic mass is 19.4. The molecule has 1 aliphatic carbocycles. The zero-order valence-corrected chi connectivity index (χ0v) is 21.5. The van der Waals surface area contributed by atoms with Gasteiger partial charge in [-0.05, 0) is 30.6 Å². The van der Waals surface area contributed by atoms with Crippen molar-refractivity contribution in [3.63, 3.8) is 0 Å². The minimum Gasteiger partial charge on any atom is -0.368 e. The summed E-state index contributed by atoms with van der Waals surface area (Å²) in [5.74, 6) is -5.47. The van der Waals surface area contributed by atoms with Crippen LogP contribution < -0.4 is 27.0 Å². The van der Waals surface area contributed by atoms with Crippen molar-refractivity contribution in [1.29, 1.82) is 0 Å². The predicted molar refractivity (Wildman–Crippen MR) is 127 cm³/mol. The van der Waals surface area contributed by atoms with Gasteiger partial charge in [0, 0.05) is 12.5 Å². The first-order chi connectivity index (χ1) is 17.1. The van der Waals surface area contributed by atoms with Crippen LogP contribution in [0.4, 0.5) is 13.2 Å². The molecule has 2 aliphatic rings. The predicted octanol–water partition coefficient (Wildman–Crippen LogP) is 1.03. The Morgan fingerprint density at radius 2 is 1.51 bits per heavy atom. The van der Waals surface area contributed by atoms with Crippen molar-refractivity contribution in [3.8, 4) is 0 Å². The molecule has 10 nitrogen and oxygen atoms in total. The van der Waals surface area contributed by atoms with Crippen LogP contribution in [0.2, 0.25) is 0 Å². The summed E-state index contributed by atoms with van der Waals surface area (Å²) in [7, 11) is 0. The minimum absolute atomic E-state index is 0.0107. The fourth-order valence-corrected chi connectivity index (χ4v) is 4.80. The molecule has 3 unspecified atom stereocenters. The van der Waals surface area contributed by atoms with Gasteiger partial charge in [0.2, 0.25) is 23.6 Å². The first-order valence-electron chi connectivity index (χ1n) is 12.6. The Balaban J connectivity index is 2.22. The zero-order chi connectivity index (χ0) is 28.0. The van der Waals surface area contributed by atoms with Crippen LogP contribution in [0.15, 0.2) is 0 Å². The molecule has 5 amide bonds. The molecule has 1 saturated heterocycles. The van der Waals surface area contributed by atoms with Crippen LogP contribution in [0.1, 0.15) is 72.1 Å². The maximum Gasteiger partial charge on any atom is 0.471 e. The molecule has 1 saturated carbocycles. The van der Waals surface area contributed by atoms with E-state index in [1.165, 1.54) is 20.8 Å². The first-order valence-corrected chi connectivity index (χ1v) is 12.6. The molecule has 0 bridgehead atoms. The van der Waals surface area contributed by atoms with Gasteiger partial charge in [-0.25, -0.2) is 0 Å². The van der Waals surface area contributed by atoms with E-state index >= 15 is 0 Å². The number of amides is 5. The molecule has 13 heteroatoms. The topological polar surface area (TPSA) is 159 Å². The number of rotatable bonds is 10. The quantitative estimate of drug-likeness (QED) is 0.283. The second kappa shape index (κ2) is 12.6. The van der Waals surface area contributed by atoms with E-state index in [-0.39, 0.29) is 24.7 Å². The Hall–Kier alpha value is -2.86. The lowest BCUT2D eigenvalue weighted by molar-refractivity contribution is -0.175. The average molecular weight is 534 g/mol. The molecule has 0 radical (unpaired) electrons. The van der Waals surface area contributed by atoms with Crippen molar-refractivity contribution < 1.29 is 37.1 Å². The maximum absolute atomic E-state index is 13.3. The van der Waals surface area contributed by atoms with Crippen LogP contribution in [-0.2, 0) is 24.0 Å². The van der Waals surface area contributed by atoms with Crippen molar-refractivity contribution in [2.75, 3.05) is 6.54 Å². The van der Waals surface area contributed by atoms with E-state index in [0.29, 0.717) is 13.0 Å². The van der Waals surface area contributed by atoms with Crippen LogP contribution in [0.5, 0.6) is 0 Å². The van der Waals surface area contributed by atoms with E-state index in [1.807, 2.05) is 0 Å². The normalized spacial score (nSPS) is 21.4. The number of hydrogen-bond acceptors (Lipinski definition) is 5. The number of carbonyl (C=O) groups is 5. The molecule has 4 atom stereocenters. The largest absolute Gasteiger partial charge is 0.471 e. The van der Waals surface area contributed by atoms with E-state index in [1.54, 1.807) is 5.32 Å². The van der Waals surface area contributed by atoms with Gasteiger partial charge in [-0.3, -0.25) is 24.0 Å². The number of nitrogens with one attached hydrogen (secondary N) is 4. The summed E-state index contributed by atoms with van der Waals surface area (Å²) in [6, 6.07) is -3.93. The molecule has 0 spiro atoms. The smallest absolute Gasteiger partial charge is 0.368 e. The van der Waals surface area contributed by atoms with Crippen LogP contribution >= 0.6 is 0 Å². The Labute approximate surface area is 214 Å². The number of alkyl halides is 3. The monoisotopic (exact) mass is 533 g/mol. The molecule has 1 heterocycles. The summed E-state index contributed by atoms with van der Waals surface area (Å²) in [5.41, 5.74) is 4.36. The maximum atomic E-state index is 13.3. The fourth-order valence-electron chi connectivity index (χ4n) is 4.80. The second-order valence-electron chi connectivity index (χ2n) is 11.0. The molecule has 1 aliphatic heterocycles. The molecule has 210 valence electrons. The van der Waals surface area contributed by atoms with E-state index in [4.69, 9.17) is 5.73 Å². The van der Waals surface area contributed by atoms with Crippen molar-refractivity contribution in [2.24, 2.45) is 23.0 Å². The van der Waals surface area contributed by atoms with Crippen LogP contribution in [0.3, 0.4) is 0 Å². The third kappa shape index (κ3) is 9.19. The van der Waals surface area contributed by atoms with Gasteiger partial charge in [0.1, 0.15) is 18.1 Å². The fraction of sp³-hybridized carbons (Fsp3) is 0.792. The lowest BCUT2D eigenvalue weighted by Crippen LogP contribution is -2.60. The average Bonchev–Trinajstić information content (AvgIpc) is 3.19. The Morgan fingerprint density at radius 3 is 2.00 bits per heavy atom. The molecule has 2 fully saturated rings. The number of nitrogens with two attached hydrogens (primary N) is 1. The SMILES string of the molecule is CC(C)(C)C(NC(=O)C(F)(F)F)C(=O)N[C@@H](CC1CCCCC1)C(=O)NC(CC1CCNC1=O)C(N)=O. The molecule has 0 aromatic heterocycles. The van der Waals surface area contributed by atoms with Gasteiger partial charge >= 0.3 is 12.1 Å². The highest BCUT2D eigenvalue weighted by molar-refractivity contribution is 5.95. The van der Waals surface area contributed by atoms with Gasteiger partial charge in [0.05, 0.1) is 0 Å². The number of primary amides is 1. The summed E-state index contributed by atoms with van der Waals surface area (Å²) >= 11 is 0. The highest BCUT2D eigenvalue weighted by Crippen LogP contribution is 2.28.